The molecule has 1 aliphatic heterocycles. The van der Waals surface area contributed by atoms with Crippen LogP contribution in [0.5, 0.6) is 0 Å². The van der Waals surface area contributed by atoms with Crippen molar-refractivity contribution in [2.75, 3.05) is 20.1 Å². The van der Waals surface area contributed by atoms with E-state index in [2.05, 4.69) is 17.1 Å². The summed E-state index contributed by atoms with van der Waals surface area (Å²) in [6.45, 7) is 2.68. The van der Waals surface area contributed by atoms with Crippen molar-refractivity contribution >= 4 is 0 Å². The molecule has 72 valence electrons. The minimum atomic E-state index is 0.464. The molecular formula is C9H15N3O. The van der Waals surface area contributed by atoms with Gasteiger partial charge in [0.1, 0.15) is 5.76 Å². The van der Waals surface area contributed by atoms with Crippen LogP contribution in [0.3, 0.4) is 0 Å². The van der Waals surface area contributed by atoms with Crippen LogP contribution in [0.2, 0.25) is 0 Å². The second-order valence-corrected chi connectivity index (χ2v) is 3.67. The molecule has 1 atom stereocenters. The monoisotopic (exact) mass is 181 g/mol. The van der Waals surface area contributed by atoms with E-state index in [1.807, 2.05) is 6.07 Å². The van der Waals surface area contributed by atoms with Gasteiger partial charge in [0.25, 0.3) is 0 Å². The van der Waals surface area contributed by atoms with Crippen LogP contribution in [0.1, 0.15) is 23.8 Å². The van der Waals surface area contributed by atoms with Crippen LogP contribution in [0.15, 0.2) is 10.6 Å². The van der Waals surface area contributed by atoms with Crippen molar-refractivity contribution in [2.45, 2.75) is 18.9 Å². The first kappa shape index (κ1) is 8.72. The second kappa shape index (κ2) is 3.47. The first-order valence-electron chi connectivity index (χ1n) is 4.63. The maximum atomic E-state index is 5.46. The van der Waals surface area contributed by atoms with Gasteiger partial charge in [-0.3, -0.25) is 0 Å². The summed E-state index contributed by atoms with van der Waals surface area (Å²) < 4.78 is 5.23. The number of likely N-dealkylation sites (N-methyl/N-ethyl adjacent to an activating group) is 1. The molecule has 2 heterocycles. The van der Waals surface area contributed by atoms with Gasteiger partial charge in [0.2, 0.25) is 0 Å². The molecule has 0 bridgehead atoms. The van der Waals surface area contributed by atoms with Crippen LogP contribution in [-0.2, 0) is 6.54 Å². The predicted octanol–water partition coefficient (Wildman–Crippen LogP) is 0.552. The summed E-state index contributed by atoms with van der Waals surface area (Å²) in [6.07, 6.45) is 1.16. The molecular weight excluding hydrogens is 166 g/mol. The Hall–Kier alpha value is -0.870. The van der Waals surface area contributed by atoms with Gasteiger partial charge in [0, 0.05) is 25.1 Å². The third-order valence-corrected chi connectivity index (χ3v) is 2.58. The minimum Gasteiger partial charge on any atom is -0.361 e. The summed E-state index contributed by atoms with van der Waals surface area (Å²) in [5, 5.41) is 3.89. The maximum absolute atomic E-state index is 5.46. The third-order valence-electron chi connectivity index (χ3n) is 2.58. The summed E-state index contributed by atoms with van der Waals surface area (Å²) in [5.41, 5.74) is 6.31. The molecule has 0 spiro atoms. The molecule has 1 aliphatic rings. The van der Waals surface area contributed by atoms with Gasteiger partial charge in [-0.25, -0.2) is 0 Å². The Morgan fingerprint density at radius 1 is 1.77 bits per heavy atom. The zero-order valence-electron chi connectivity index (χ0n) is 7.86. The Balaban J connectivity index is 2.08. The Bertz CT molecular complexity index is 284. The van der Waals surface area contributed by atoms with Crippen molar-refractivity contribution in [2.24, 2.45) is 5.73 Å². The topological polar surface area (TPSA) is 55.3 Å². The van der Waals surface area contributed by atoms with E-state index in [0.29, 0.717) is 12.5 Å². The van der Waals surface area contributed by atoms with E-state index < -0.39 is 0 Å². The van der Waals surface area contributed by atoms with Crippen molar-refractivity contribution in [3.8, 4) is 0 Å². The molecule has 0 aliphatic carbocycles. The number of nitrogens with two attached hydrogens (primary N) is 1. The van der Waals surface area contributed by atoms with Crippen molar-refractivity contribution < 1.29 is 4.52 Å². The van der Waals surface area contributed by atoms with Crippen molar-refractivity contribution in [1.82, 2.24) is 10.1 Å². The molecule has 1 saturated heterocycles. The van der Waals surface area contributed by atoms with E-state index in [9.17, 15) is 0 Å². The fourth-order valence-electron chi connectivity index (χ4n) is 1.78. The number of hydrogen-bond donors (Lipinski definition) is 1. The van der Waals surface area contributed by atoms with Crippen molar-refractivity contribution in [3.63, 3.8) is 0 Å². The molecule has 1 unspecified atom stereocenters. The van der Waals surface area contributed by atoms with Gasteiger partial charge >= 0.3 is 0 Å². The van der Waals surface area contributed by atoms with Crippen molar-refractivity contribution in [1.29, 1.82) is 0 Å². The molecule has 0 saturated carbocycles. The Kier molecular flexibility index (Phi) is 2.33. The number of likely N-dealkylation sites (tertiary alicyclic amines) is 1. The lowest BCUT2D eigenvalue weighted by Gasteiger charge is -2.05. The van der Waals surface area contributed by atoms with Gasteiger partial charge in [-0.15, -0.1) is 0 Å². The first-order valence-corrected chi connectivity index (χ1v) is 4.63. The maximum Gasteiger partial charge on any atom is 0.141 e. The largest absolute Gasteiger partial charge is 0.361 e. The first-order chi connectivity index (χ1) is 6.29. The van der Waals surface area contributed by atoms with Gasteiger partial charge in [0.05, 0.1) is 5.69 Å². The van der Waals surface area contributed by atoms with Gasteiger partial charge < -0.3 is 15.2 Å². The molecule has 4 nitrogen and oxygen atoms in total. The molecule has 4 heteroatoms. The highest BCUT2D eigenvalue weighted by Gasteiger charge is 2.24. The van der Waals surface area contributed by atoms with E-state index >= 15 is 0 Å². The zero-order valence-corrected chi connectivity index (χ0v) is 7.86. The molecule has 1 aromatic rings. The summed E-state index contributed by atoms with van der Waals surface area (Å²) >= 11 is 0. The molecule has 1 fully saturated rings. The van der Waals surface area contributed by atoms with Gasteiger partial charge in [-0.2, -0.15) is 0 Å². The summed E-state index contributed by atoms with van der Waals surface area (Å²) in [6, 6.07) is 1.98. The standard InChI is InChI=1S/C9H15N3O/c1-12-3-2-7(6-12)9-4-8(5-10)11-13-9/h4,7H,2-3,5-6,10H2,1H3. The molecule has 0 amide bonds. The van der Waals surface area contributed by atoms with E-state index in [0.717, 1.165) is 31.0 Å². The van der Waals surface area contributed by atoms with Crippen LogP contribution in [0, 0.1) is 0 Å². The third kappa shape index (κ3) is 1.73. The zero-order chi connectivity index (χ0) is 9.26. The lowest BCUT2D eigenvalue weighted by Crippen LogP contribution is -2.13. The van der Waals surface area contributed by atoms with E-state index in [1.54, 1.807) is 0 Å². The summed E-state index contributed by atoms with van der Waals surface area (Å²) in [5.74, 6) is 1.50. The van der Waals surface area contributed by atoms with E-state index in [1.165, 1.54) is 0 Å². The predicted molar refractivity (Wildman–Crippen MR) is 49.2 cm³/mol. The smallest absolute Gasteiger partial charge is 0.141 e. The molecule has 13 heavy (non-hydrogen) atoms. The highest BCUT2D eigenvalue weighted by atomic mass is 16.5. The quantitative estimate of drug-likeness (QED) is 0.724. The molecule has 0 aromatic carbocycles. The lowest BCUT2D eigenvalue weighted by atomic mass is 10.1. The molecule has 1 aromatic heterocycles. The Morgan fingerprint density at radius 2 is 2.62 bits per heavy atom. The Morgan fingerprint density at radius 3 is 3.15 bits per heavy atom. The normalized spacial score (nSPS) is 24.0. The molecule has 2 rings (SSSR count). The molecule has 2 N–H and O–H groups in total. The van der Waals surface area contributed by atoms with Crippen LogP contribution >= 0.6 is 0 Å². The van der Waals surface area contributed by atoms with E-state index in [-0.39, 0.29) is 0 Å². The van der Waals surface area contributed by atoms with E-state index in [4.69, 9.17) is 10.3 Å². The second-order valence-electron chi connectivity index (χ2n) is 3.67. The highest BCUT2D eigenvalue weighted by molar-refractivity contribution is 5.11. The lowest BCUT2D eigenvalue weighted by molar-refractivity contribution is 0.347. The SMILES string of the molecule is CN1CCC(c2cc(CN)no2)C1. The van der Waals surface area contributed by atoms with Gasteiger partial charge in [-0.05, 0) is 20.0 Å². The Labute approximate surface area is 77.7 Å². The van der Waals surface area contributed by atoms with Crippen molar-refractivity contribution in [3.05, 3.63) is 17.5 Å². The number of hydrogen-bond acceptors (Lipinski definition) is 4. The number of rotatable bonds is 2. The van der Waals surface area contributed by atoms with Crippen LogP contribution in [-0.4, -0.2) is 30.2 Å². The van der Waals surface area contributed by atoms with Crippen LogP contribution < -0.4 is 5.73 Å². The fraction of sp³-hybridized carbons (Fsp3) is 0.667. The number of nitrogens with zero attached hydrogens (tertiary/aromatic N) is 2. The summed E-state index contributed by atoms with van der Waals surface area (Å²) in [7, 11) is 2.13. The average Bonchev–Trinajstić information content (AvgIpc) is 2.71. The van der Waals surface area contributed by atoms with Crippen LogP contribution in [0.25, 0.3) is 0 Å². The average molecular weight is 181 g/mol. The summed E-state index contributed by atoms with van der Waals surface area (Å²) in [4.78, 5) is 2.30. The number of aromatic nitrogens is 1. The fourth-order valence-corrected chi connectivity index (χ4v) is 1.78. The van der Waals surface area contributed by atoms with Gasteiger partial charge in [0.15, 0.2) is 0 Å². The molecule has 0 radical (unpaired) electrons. The van der Waals surface area contributed by atoms with Crippen LogP contribution in [0.4, 0.5) is 0 Å². The minimum absolute atomic E-state index is 0.464. The highest BCUT2D eigenvalue weighted by Crippen LogP contribution is 2.26. The van der Waals surface area contributed by atoms with Gasteiger partial charge in [-0.1, -0.05) is 5.16 Å².